The van der Waals surface area contributed by atoms with Crippen molar-refractivity contribution in [2.45, 2.75) is 24.7 Å². The van der Waals surface area contributed by atoms with Gasteiger partial charge in [-0.2, -0.15) is 0 Å². The van der Waals surface area contributed by atoms with E-state index in [4.69, 9.17) is 10.5 Å². The summed E-state index contributed by atoms with van der Waals surface area (Å²) in [5.74, 6) is 0.908. The number of carbonyl (C=O) groups is 1. The SMILES string of the molecule is NC(=O)C(c1ccccc1)(c1ccccc1)C1CCN(CCc2ccc3c(c2)CCO3)C1.O. The molecular weight excluding hydrogens is 412 g/mol. The molecule has 2 aliphatic rings. The molecule has 172 valence electrons. The molecule has 0 saturated carbocycles. The maximum atomic E-state index is 13.2. The lowest BCUT2D eigenvalue weighted by molar-refractivity contribution is -0.123. The summed E-state index contributed by atoms with van der Waals surface area (Å²) in [5, 5.41) is 0. The maximum Gasteiger partial charge on any atom is 0.232 e. The molecule has 0 radical (unpaired) electrons. The van der Waals surface area contributed by atoms with E-state index in [1.54, 1.807) is 0 Å². The van der Waals surface area contributed by atoms with Gasteiger partial charge >= 0.3 is 0 Å². The van der Waals surface area contributed by atoms with E-state index < -0.39 is 5.41 Å². The van der Waals surface area contributed by atoms with Crippen LogP contribution in [0, 0.1) is 5.92 Å². The van der Waals surface area contributed by atoms with E-state index in [-0.39, 0.29) is 17.3 Å². The summed E-state index contributed by atoms with van der Waals surface area (Å²) in [7, 11) is 0. The first-order chi connectivity index (χ1) is 15.7. The van der Waals surface area contributed by atoms with Crippen LogP contribution in [0.15, 0.2) is 78.9 Å². The van der Waals surface area contributed by atoms with Gasteiger partial charge in [0.25, 0.3) is 0 Å². The van der Waals surface area contributed by atoms with Crippen LogP contribution in [0.4, 0.5) is 0 Å². The van der Waals surface area contributed by atoms with Crippen LogP contribution < -0.4 is 10.5 Å². The second-order valence-corrected chi connectivity index (χ2v) is 8.98. The molecular formula is C28H32N2O3. The summed E-state index contributed by atoms with van der Waals surface area (Å²) in [4.78, 5) is 15.7. The smallest absolute Gasteiger partial charge is 0.232 e. The summed E-state index contributed by atoms with van der Waals surface area (Å²) in [6.45, 7) is 3.61. The fraction of sp³-hybridized carbons (Fsp3) is 0.321. The van der Waals surface area contributed by atoms with Crippen LogP contribution in [0.2, 0.25) is 0 Å². The quantitative estimate of drug-likeness (QED) is 0.607. The molecule has 0 bridgehead atoms. The lowest BCUT2D eigenvalue weighted by Crippen LogP contribution is -2.49. The third-order valence-electron chi connectivity index (χ3n) is 7.20. The fourth-order valence-electron chi connectivity index (χ4n) is 5.60. The molecule has 1 saturated heterocycles. The van der Waals surface area contributed by atoms with Crippen LogP contribution in [0.5, 0.6) is 5.75 Å². The third-order valence-corrected chi connectivity index (χ3v) is 7.20. The van der Waals surface area contributed by atoms with Crippen LogP contribution in [0.25, 0.3) is 0 Å². The molecule has 5 nitrogen and oxygen atoms in total. The predicted octanol–water partition coefficient (Wildman–Crippen LogP) is 3.13. The standard InChI is InChI=1S/C28H30N2O2.H2O/c29-27(31)28(23-7-3-1-4-8-23,24-9-5-2-6-10-24)25-14-17-30(20-25)16-13-21-11-12-26-22(19-21)15-18-32-26;/h1-12,19,25H,13-18,20H2,(H2,29,31);1H2. The molecule has 3 aromatic rings. The van der Waals surface area contributed by atoms with Crippen molar-refractivity contribution in [2.24, 2.45) is 11.7 Å². The van der Waals surface area contributed by atoms with E-state index in [2.05, 4.69) is 23.1 Å². The Kier molecular flexibility index (Phi) is 6.82. The van der Waals surface area contributed by atoms with Gasteiger partial charge in [-0.05, 0) is 53.6 Å². The number of hydrogen-bond donors (Lipinski definition) is 1. The lowest BCUT2D eigenvalue weighted by atomic mass is 9.64. The highest BCUT2D eigenvalue weighted by Crippen LogP contribution is 2.43. The number of likely N-dealkylation sites (tertiary alicyclic amines) is 1. The third kappa shape index (κ3) is 4.26. The molecule has 33 heavy (non-hydrogen) atoms. The minimum atomic E-state index is -0.817. The van der Waals surface area contributed by atoms with Gasteiger partial charge in [0, 0.05) is 19.5 Å². The molecule has 1 amide bonds. The Labute approximate surface area is 195 Å². The Morgan fingerprint density at radius 1 is 1.00 bits per heavy atom. The lowest BCUT2D eigenvalue weighted by Gasteiger charge is -2.37. The van der Waals surface area contributed by atoms with Crippen molar-refractivity contribution < 1.29 is 15.0 Å². The molecule has 3 aromatic carbocycles. The molecule has 1 atom stereocenters. The topological polar surface area (TPSA) is 87.1 Å². The zero-order valence-corrected chi connectivity index (χ0v) is 18.9. The Hall–Kier alpha value is -3.15. The molecule has 1 unspecified atom stereocenters. The van der Waals surface area contributed by atoms with Crippen LogP contribution >= 0.6 is 0 Å². The van der Waals surface area contributed by atoms with Crippen molar-refractivity contribution in [1.82, 2.24) is 4.90 Å². The largest absolute Gasteiger partial charge is 0.493 e. The zero-order chi connectivity index (χ0) is 22.0. The van der Waals surface area contributed by atoms with Gasteiger partial charge in [-0.25, -0.2) is 0 Å². The Bertz CT molecular complexity index is 1050. The first-order valence-corrected chi connectivity index (χ1v) is 11.6. The monoisotopic (exact) mass is 444 g/mol. The minimum absolute atomic E-state index is 0. The number of primary amides is 1. The number of nitrogens with zero attached hydrogens (tertiary/aromatic N) is 1. The van der Waals surface area contributed by atoms with Crippen molar-refractivity contribution in [3.63, 3.8) is 0 Å². The Morgan fingerprint density at radius 3 is 2.30 bits per heavy atom. The summed E-state index contributed by atoms with van der Waals surface area (Å²) in [5.41, 5.74) is 10.0. The minimum Gasteiger partial charge on any atom is -0.493 e. The Morgan fingerprint density at radius 2 is 1.67 bits per heavy atom. The number of benzene rings is 3. The first kappa shape index (κ1) is 23.0. The first-order valence-electron chi connectivity index (χ1n) is 11.6. The van der Waals surface area contributed by atoms with Crippen molar-refractivity contribution >= 4 is 5.91 Å². The number of nitrogens with two attached hydrogens (primary N) is 1. The average Bonchev–Trinajstić information content (AvgIpc) is 3.49. The van der Waals surface area contributed by atoms with Crippen LogP contribution in [0.1, 0.15) is 28.7 Å². The maximum absolute atomic E-state index is 13.2. The number of hydrogen-bond acceptors (Lipinski definition) is 3. The number of amides is 1. The van der Waals surface area contributed by atoms with Gasteiger partial charge in [0.2, 0.25) is 5.91 Å². The predicted molar refractivity (Wildman–Crippen MR) is 130 cm³/mol. The molecule has 0 aromatic heterocycles. The van der Waals surface area contributed by atoms with E-state index in [9.17, 15) is 4.79 Å². The Balaban J connectivity index is 0.00000259. The summed E-state index contributed by atoms with van der Waals surface area (Å²) in [6.07, 6.45) is 2.95. The zero-order valence-electron chi connectivity index (χ0n) is 18.9. The summed E-state index contributed by atoms with van der Waals surface area (Å²) in [6, 6.07) is 26.7. The number of ether oxygens (including phenoxy) is 1. The molecule has 1 fully saturated rings. The van der Waals surface area contributed by atoms with Crippen molar-refractivity contribution in [3.05, 3.63) is 101 Å². The van der Waals surface area contributed by atoms with Crippen LogP contribution in [-0.4, -0.2) is 42.5 Å². The second kappa shape index (κ2) is 9.77. The molecule has 2 aliphatic heterocycles. The van der Waals surface area contributed by atoms with Gasteiger partial charge < -0.3 is 20.8 Å². The highest BCUT2D eigenvalue weighted by Gasteiger charge is 2.49. The molecule has 2 heterocycles. The van der Waals surface area contributed by atoms with Crippen LogP contribution in [-0.2, 0) is 23.1 Å². The number of fused-ring (bicyclic) bond motifs is 1. The van der Waals surface area contributed by atoms with Gasteiger partial charge in [0.05, 0.1) is 6.61 Å². The van der Waals surface area contributed by atoms with Gasteiger partial charge in [-0.3, -0.25) is 4.79 Å². The van der Waals surface area contributed by atoms with Crippen molar-refractivity contribution in [1.29, 1.82) is 0 Å². The molecule has 5 rings (SSSR count). The normalized spacial score (nSPS) is 17.8. The fourth-order valence-corrected chi connectivity index (χ4v) is 5.60. The van der Waals surface area contributed by atoms with E-state index in [0.717, 1.165) is 62.4 Å². The van der Waals surface area contributed by atoms with Gasteiger partial charge in [-0.15, -0.1) is 0 Å². The highest BCUT2D eigenvalue weighted by molar-refractivity contribution is 5.91. The molecule has 5 heteroatoms. The van der Waals surface area contributed by atoms with Crippen molar-refractivity contribution in [2.75, 3.05) is 26.2 Å². The van der Waals surface area contributed by atoms with E-state index in [1.165, 1.54) is 11.1 Å². The van der Waals surface area contributed by atoms with Crippen molar-refractivity contribution in [3.8, 4) is 5.75 Å². The van der Waals surface area contributed by atoms with Gasteiger partial charge in [0.15, 0.2) is 0 Å². The highest BCUT2D eigenvalue weighted by atomic mass is 16.5. The van der Waals surface area contributed by atoms with E-state index in [0.29, 0.717) is 0 Å². The van der Waals surface area contributed by atoms with E-state index in [1.807, 2.05) is 60.7 Å². The number of carbonyl (C=O) groups excluding carboxylic acids is 1. The average molecular weight is 445 g/mol. The molecule has 4 N–H and O–H groups in total. The summed E-state index contributed by atoms with van der Waals surface area (Å²) < 4.78 is 5.64. The van der Waals surface area contributed by atoms with Gasteiger partial charge in [0.1, 0.15) is 11.2 Å². The summed E-state index contributed by atoms with van der Waals surface area (Å²) >= 11 is 0. The molecule has 0 spiro atoms. The van der Waals surface area contributed by atoms with E-state index >= 15 is 0 Å². The second-order valence-electron chi connectivity index (χ2n) is 8.98. The van der Waals surface area contributed by atoms with Gasteiger partial charge in [-0.1, -0.05) is 72.8 Å². The molecule has 0 aliphatic carbocycles. The van der Waals surface area contributed by atoms with Crippen LogP contribution in [0.3, 0.4) is 0 Å². The number of rotatable bonds is 7.